The van der Waals surface area contributed by atoms with Gasteiger partial charge in [0.2, 0.25) is 0 Å². The van der Waals surface area contributed by atoms with Crippen LogP contribution in [0.1, 0.15) is 11.1 Å². The van der Waals surface area contributed by atoms with Gasteiger partial charge in [0.15, 0.2) is 0 Å². The molecule has 1 N–H and O–H groups in total. The number of halogens is 2. The molecule has 13 rings (SSSR count). The molecule has 1 aliphatic rings. The quantitative estimate of drug-likeness (QED) is 0.148. The Hall–Kier alpha value is -8.60. The average Bonchev–Trinajstić information content (AvgIpc) is 4.02. The Morgan fingerprint density at radius 2 is 0.694 bits per heavy atom. The van der Waals surface area contributed by atoms with Crippen molar-refractivity contribution in [3.8, 4) is 55.6 Å². The van der Waals surface area contributed by atoms with Crippen molar-refractivity contribution in [2.24, 2.45) is 0 Å². The molecular weight excluding hydrogens is 918 g/mol. The fourth-order valence-corrected chi connectivity index (χ4v) is 11.8. The molecule has 0 spiro atoms. The summed E-state index contributed by atoms with van der Waals surface area (Å²) >= 11 is 15.0. The maximum atomic E-state index is 7.52. The monoisotopic (exact) mass is 961 g/mol. The van der Waals surface area contributed by atoms with E-state index in [1.54, 1.807) is 0 Å². The van der Waals surface area contributed by atoms with Crippen molar-refractivity contribution in [1.82, 2.24) is 4.98 Å². The lowest BCUT2D eigenvalue weighted by Crippen LogP contribution is -2.11. The largest absolute Gasteiger partial charge is 0.353 e. The second-order valence-corrected chi connectivity index (χ2v) is 19.0. The number of hydrogen-bond acceptors (Lipinski definition) is 2. The fraction of sp³-hybridized carbons (Fsp3) is 0.0149. The van der Waals surface area contributed by atoms with E-state index in [9.17, 15) is 0 Å². The summed E-state index contributed by atoms with van der Waals surface area (Å²) in [6, 6.07) is 90.0. The minimum atomic E-state index is 0.670. The van der Waals surface area contributed by atoms with Gasteiger partial charge in [-0.15, -0.1) is 0 Å². The van der Waals surface area contributed by atoms with Gasteiger partial charge < -0.3 is 14.8 Å². The van der Waals surface area contributed by atoms with Gasteiger partial charge in [-0.3, -0.25) is 0 Å². The fourth-order valence-electron chi connectivity index (χ4n) is 11.2. The van der Waals surface area contributed by atoms with Gasteiger partial charge in [-0.2, -0.15) is 0 Å². The second-order valence-electron chi connectivity index (χ2n) is 18.2. The van der Waals surface area contributed by atoms with Crippen molar-refractivity contribution in [3.63, 3.8) is 0 Å². The molecule has 0 unspecified atom stereocenters. The molecule has 0 atom stereocenters. The first-order valence-electron chi connectivity index (χ1n) is 24.4. The van der Waals surface area contributed by atoms with E-state index in [-0.39, 0.29) is 0 Å². The Kier molecular flexibility index (Phi) is 11.0. The first-order valence-corrected chi connectivity index (χ1v) is 25.1. The number of nitrogens with one attached hydrogen (secondary N) is 1. The third-order valence-corrected chi connectivity index (χ3v) is 14.8. The summed E-state index contributed by atoms with van der Waals surface area (Å²) in [6.45, 7) is 0. The zero-order valence-electron chi connectivity index (χ0n) is 39.1. The SMILES string of the molecule is Clc1cccc(N(c2ccccc2)c2ccccc2)c1-c1cccc2c1Cc1c-2c(-c2ccccc2)c2[nH]c3c(-c4c(Cl)cccc4N(c4ccccc4)c4ccccc4)cccc3c2c1-c1ccccc1. The van der Waals surface area contributed by atoms with Crippen LogP contribution >= 0.6 is 23.2 Å². The number of aromatic amines is 1. The Morgan fingerprint density at radius 3 is 1.18 bits per heavy atom. The summed E-state index contributed by atoms with van der Waals surface area (Å²) in [7, 11) is 0. The molecule has 0 fully saturated rings. The highest BCUT2D eigenvalue weighted by Gasteiger charge is 2.34. The van der Waals surface area contributed by atoms with Crippen molar-refractivity contribution in [2.75, 3.05) is 9.80 Å². The molecule has 12 aromatic rings. The molecule has 11 aromatic carbocycles. The highest BCUT2D eigenvalue weighted by molar-refractivity contribution is 6.36. The topological polar surface area (TPSA) is 22.3 Å². The van der Waals surface area contributed by atoms with Crippen LogP contribution in [-0.2, 0) is 6.42 Å². The highest BCUT2D eigenvalue weighted by atomic mass is 35.5. The molecule has 0 aliphatic heterocycles. The number of aromatic nitrogens is 1. The van der Waals surface area contributed by atoms with E-state index in [2.05, 4.69) is 257 Å². The second kappa shape index (κ2) is 18.3. The van der Waals surface area contributed by atoms with Gasteiger partial charge in [-0.05, 0) is 124 Å². The zero-order valence-corrected chi connectivity index (χ0v) is 40.6. The summed E-state index contributed by atoms with van der Waals surface area (Å²) in [4.78, 5) is 8.80. The standard InChI is InChI=1S/C67H45Cl2N3/c68-56-39-21-41-58(71(46-27-11-3-12-28-46)47-29-13-4-14-30-47)63(56)51-36-19-35-50-54(51)43-55-60(44-23-7-1-8-24-44)65-53-38-20-37-52(66(53)70-67(65)61(62(50)55)45-25-9-2-10-26-45)64-57(69)40-22-42-59(64)72(48-31-15-5-16-32-48)49-33-17-6-18-34-49/h1-42,70H,43H2. The number of rotatable bonds is 10. The van der Waals surface area contributed by atoms with Crippen molar-refractivity contribution >= 4 is 79.1 Å². The van der Waals surface area contributed by atoms with Crippen molar-refractivity contribution in [3.05, 3.63) is 276 Å². The van der Waals surface area contributed by atoms with Crippen LogP contribution in [0.25, 0.3) is 77.4 Å². The van der Waals surface area contributed by atoms with Crippen LogP contribution in [0.2, 0.25) is 10.0 Å². The highest BCUT2D eigenvalue weighted by Crippen LogP contribution is 2.57. The molecular formula is C67H45Cl2N3. The Labute approximate surface area is 429 Å². The van der Waals surface area contributed by atoms with Gasteiger partial charge in [-0.1, -0.05) is 205 Å². The van der Waals surface area contributed by atoms with E-state index in [0.717, 1.165) is 83.9 Å². The predicted octanol–water partition coefficient (Wildman–Crippen LogP) is 19.8. The van der Waals surface area contributed by atoms with Crippen molar-refractivity contribution in [1.29, 1.82) is 0 Å². The molecule has 72 heavy (non-hydrogen) atoms. The normalized spacial score (nSPS) is 11.7. The summed E-state index contributed by atoms with van der Waals surface area (Å²) in [5.74, 6) is 0. The third kappa shape index (κ3) is 7.28. The van der Waals surface area contributed by atoms with Crippen LogP contribution in [0.4, 0.5) is 34.1 Å². The van der Waals surface area contributed by atoms with Crippen LogP contribution < -0.4 is 9.80 Å². The van der Waals surface area contributed by atoms with Gasteiger partial charge in [0.05, 0.1) is 32.5 Å². The first kappa shape index (κ1) is 43.4. The number of fused-ring (bicyclic) bond motifs is 6. The summed E-state index contributed by atoms with van der Waals surface area (Å²) in [5.41, 5.74) is 22.0. The summed E-state index contributed by atoms with van der Waals surface area (Å²) in [5, 5.41) is 3.68. The van der Waals surface area contributed by atoms with Gasteiger partial charge in [0, 0.05) is 55.8 Å². The number of hydrogen-bond donors (Lipinski definition) is 1. The molecule has 0 bridgehead atoms. The Bertz CT molecular complexity index is 3870. The number of para-hydroxylation sites is 5. The molecule has 0 saturated carbocycles. The number of H-pyrrole nitrogens is 1. The van der Waals surface area contributed by atoms with Crippen LogP contribution in [-0.4, -0.2) is 4.98 Å². The first-order chi connectivity index (χ1) is 35.6. The lowest BCUT2D eigenvalue weighted by molar-refractivity contribution is 1.25. The number of anilines is 6. The predicted molar refractivity (Wildman–Crippen MR) is 305 cm³/mol. The summed E-state index contributed by atoms with van der Waals surface area (Å²) < 4.78 is 0. The lowest BCUT2D eigenvalue weighted by atomic mass is 9.85. The van der Waals surface area contributed by atoms with Crippen LogP contribution in [0, 0.1) is 0 Å². The molecule has 1 aromatic heterocycles. The molecule has 1 heterocycles. The minimum Gasteiger partial charge on any atom is -0.353 e. The van der Waals surface area contributed by atoms with Crippen molar-refractivity contribution in [2.45, 2.75) is 6.42 Å². The molecule has 1 aliphatic carbocycles. The summed E-state index contributed by atoms with van der Waals surface area (Å²) in [6.07, 6.45) is 0.701. The Balaban J connectivity index is 1.10. The van der Waals surface area contributed by atoms with Gasteiger partial charge in [0.25, 0.3) is 0 Å². The van der Waals surface area contributed by atoms with E-state index >= 15 is 0 Å². The van der Waals surface area contributed by atoms with Crippen molar-refractivity contribution < 1.29 is 0 Å². The lowest BCUT2D eigenvalue weighted by Gasteiger charge is -2.28. The van der Waals surface area contributed by atoms with E-state index < -0.39 is 0 Å². The maximum absolute atomic E-state index is 7.52. The third-order valence-electron chi connectivity index (χ3n) is 14.2. The van der Waals surface area contributed by atoms with E-state index in [4.69, 9.17) is 23.2 Å². The molecule has 0 radical (unpaired) electrons. The van der Waals surface area contributed by atoms with Crippen LogP contribution in [0.15, 0.2) is 255 Å². The Morgan fingerprint density at radius 1 is 0.306 bits per heavy atom. The van der Waals surface area contributed by atoms with E-state index in [1.807, 2.05) is 12.1 Å². The van der Waals surface area contributed by atoms with E-state index in [1.165, 1.54) is 38.8 Å². The smallest absolute Gasteiger partial charge is 0.0557 e. The molecule has 5 heteroatoms. The van der Waals surface area contributed by atoms with E-state index in [0.29, 0.717) is 16.5 Å². The molecule has 0 saturated heterocycles. The average molecular weight is 963 g/mol. The minimum absolute atomic E-state index is 0.670. The molecule has 3 nitrogen and oxygen atoms in total. The van der Waals surface area contributed by atoms with Gasteiger partial charge in [-0.25, -0.2) is 0 Å². The zero-order chi connectivity index (χ0) is 48.1. The van der Waals surface area contributed by atoms with Crippen LogP contribution in [0.5, 0.6) is 0 Å². The van der Waals surface area contributed by atoms with Gasteiger partial charge in [0.1, 0.15) is 0 Å². The molecule has 0 amide bonds. The maximum Gasteiger partial charge on any atom is 0.0557 e. The number of nitrogens with zero attached hydrogens (tertiary/aromatic N) is 2. The van der Waals surface area contributed by atoms with Gasteiger partial charge >= 0.3 is 0 Å². The number of benzene rings is 11. The molecule has 342 valence electrons. The van der Waals surface area contributed by atoms with Crippen LogP contribution in [0.3, 0.4) is 0 Å².